The molecule has 0 aromatic heterocycles. The molecule has 0 fully saturated rings. The van der Waals surface area contributed by atoms with Crippen LogP contribution in [0.4, 0.5) is 8.78 Å². The average Bonchev–Trinajstić information content (AvgIpc) is 3.41. The van der Waals surface area contributed by atoms with Gasteiger partial charge in [-0.05, 0) is 118 Å². The van der Waals surface area contributed by atoms with Gasteiger partial charge in [0, 0.05) is 29.8 Å². The van der Waals surface area contributed by atoms with Crippen molar-refractivity contribution in [2.24, 2.45) is 0 Å². The van der Waals surface area contributed by atoms with Crippen molar-refractivity contribution < 1.29 is 33.0 Å². The van der Waals surface area contributed by atoms with E-state index in [9.17, 15) is 19.1 Å². The van der Waals surface area contributed by atoms with E-state index in [1.54, 1.807) is 31.7 Å². The summed E-state index contributed by atoms with van der Waals surface area (Å²) in [7, 11) is 0. The number of hydrogen-bond donors (Lipinski definition) is 1. The number of fused-ring (bicyclic) bond motifs is 2. The molecule has 3 aromatic carbocycles. The minimum absolute atomic E-state index is 0.247. The molecule has 0 radical (unpaired) electrons. The van der Waals surface area contributed by atoms with Gasteiger partial charge < -0.3 is 19.5 Å². The second-order valence-corrected chi connectivity index (χ2v) is 12.3. The Hall–Kier alpha value is -4.04. The maximum Gasteiger partial charge on any atom is 0.337 e. The van der Waals surface area contributed by atoms with Gasteiger partial charge in [0.1, 0.15) is 5.82 Å². The normalized spacial score (nSPS) is 15.3. The fourth-order valence-electron chi connectivity index (χ4n) is 6.16. The molecule has 0 bridgehead atoms. The van der Waals surface area contributed by atoms with Gasteiger partial charge in [-0.15, -0.1) is 0 Å². The minimum atomic E-state index is -1.29. The molecule has 0 saturated carbocycles. The first-order valence-corrected chi connectivity index (χ1v) is 14.5. The Bertz CT molecular complexity index is 1650. The van der Waals surface area contributed by atoms with E-state index in [4.69, 9.17) is 9.47 Å². The third-order valence-electron chi connectivity index (χ3n) is 8.29. The molecule has 1 N–H and O–H groups in total. The second-order valence-electron chi connectivity index (χ2n) is 12.3. The van der Waals surface area contributed by atoms with Crippen LogP contribution in [0.3, 0.4) is 0 Å². The molecular formula is C35H37F2NO5. The highest BCUT2D eigenvalue weighted by Crippen LogP contribution is 2.41. The molecule has 1 atom stereocenters. The van der Waals surface area contributed by atoms with Crippen LogP contribution in [0.5, 0.6) is 5.75 Å². The molecule has 5 rings (SSSR count). The molecule has 0 aliphatic carbocycles. The van der Waals surface area contributed by atoms with E-state index < -0.39 is 29.3 Å². The fraction of sp³-hybridized carbons (Fsp3) is 0.371. The van der Waals surface area contributed by atoms with Crippen molar-refractivity contribution in [2.75, 3.05) is 6.61 Å². The zero-order valence-electron chi connectivity index (χ0n) is 25.4. The predicted molar refractivity (Wildman–Crippen MR) is 161 cm³/mol. The van der Waals surface area contributed by atoms with Crippen LogP contribution in [-0.2, 0) is 29.0 Å². The van der Waals surface area contributed by atoms with Crippen LogP contribution in [0.25, 0.3) is 12.2 Å². The van der Waals surface area contributed by atoms with Crippen molar-refractivity contribution in [1.29, 1.82) is 0 Å². The molecular weight excluding hydrogens is 552 g/mol. The molecule has 0 unspecified atom stereocenters. The van der Waals surface area contributed by atoms with E-state index >= 15 is 4.39 Å². The number of carbonyl (C=O) groups is 2. The highest BCUT2D eigenvalue weighted by atomic mass is 19.1. The number of rotatable bonds is 6. The Labute approximate surface area is 250 Å². The highest BCUT2D eigenvalue weighted by molar-refractivity contribution is 5.95. The lowest BCUT2D eigenvalue weighted by atomic mass is 9.85. The van der Waals surface area contributed by atoms with Crippen molar-refractivity contribution in [3.8, 4) is 5.75 Å². The van der Waals surface area contributed by atoms with E-state index in [-0.39, 0.29) is 18.0 Å². The minimum Gasteiger partial charge on any atom is -0.490 e. The molecule has 226 valence electrons. The first kappa shape index (κ1) is 30.4. The molecule has 1 amide bonds. The van der Waals surface area contributed by atoms with Gasteiger partial charge in [-0.2, -0.15) is 0 Å². The number of carboxylic acids is 1. The van der Waals surface area contributed by atoms with Crippen molar-refractivity contribution in [3.63, 3.8) is 0 Å². The molecule has 3 aromatic rings. The first-order valence-electron chi connectivity index (χ1n) is 14.5. The Morgan fingerprint density at radius 1 is 1.00 bits per heavy atom. The predicted octanol–water partition coefficient (Wildman–Crippen LogP) is 7.48. The van der Waals surface area contributed by atoms with E-state index in [2.05, 4.69) is 0 Å². The molecule has 2 heterocycles. The molecule has 6 nitrogen and oxygen atoms in total. The summed E-state index contributed by atoms with van der Waals surface area (Å²) in [5, 5.41) is 10.4. The Morgan fingerprint density at radius 3 is 2.35 bits per heavy atom. The summed E-state index contributed by atoms with van der Waals surface area (Å²) in [6.07, 6.45) is 3.88. The van der Waals surface area contributed by atoms with Crippen LogP contribution in [0.15, 0.2) is 30.3 Å². The number of aliphatic carboxylic acids is 1. The van der Waals surface area contributed by atoms with Crippen LogP contribution in [0.2, 0.25) is 0 Å². The van der Waals surface area contributed by atoms with Crippen LogP contribution in [-0.4, -0.2) is 34.1 Å². The van der Waals surface area contributed by atoms with E-state index in [1.165, 1.54) is 24.3 Å². The molecule has 0 saturated heterocycles. The lowest BCUT2D eigenvalue weighted by molar-refractivity contribution is -0.160. The maximum atomic E-state index is 15.0. The van der Waals surface area contributed by atoms with Crippen molar-refractivity contribution in [3.05, 3.63) is 97.6 Å². The first-order chi connectivity index (χ1) is 20.3. The molecule has 2 aliphatic heterocycles. The number of carbonyl (C=O) groups excluding carboxylic acids is 1. The van der Waals surface area contributed by atoms with Gasteiger partial charge in [0.15, 0.2) is 17.7 Å². The third kappa shape index (κ3) is 5.93. The summed E-state index contributed by atoms with van der Waals surface area (Å²) in [6.45, 7) is 12.1. The van der Waals surface area contributed by atoms with Gasteiger partial charge in [-0.25, -0.2) is 13.6 Å². The quantitative estimate of drug-likeness (QED) is 0.302. The van der Waals surface area contributed by atoms with Gasteiger partial charge in [-0.3, -0.25) is 4.79 Å². The summed E-state index contributed by atoms with van der Waals surface area (Å²) in [6, 6.07) is 7.04. The van der Waals surface area contributed by atoms with Crippen LogP contribution in [0, 0.1) is 32.4 Å². The van der Waals surface area contributed by atoms with Gasteiger partial charge in [-0.1, -0.05) is 18.2 Å². The number of hydrogen-bond acceptors (Lipinski definition) is 4. The number of ether oxygens (including phenoxy) is 2. The zero-order valence-corrected chi connectivity index (χ0v) is 25.4. The number of nitrogens with zero attached hydrogens (tertiary/aromatic N) is 1. The van der Waals surface area contributed by atoms with Gasteiger partial charge >= 0.3 is 5.97 Å². The number of benzene rings is 3. The smallest absolute Gasteiger partial charge is 0.337 e. The zero-order chi connectivity index (χ0) is 31.2. The topological polar surface area (TPSA) is 76.1 Å². The molecule has 0 spiro atoms. The molecule has 2 aliphatic rings. The SMILES string of the molecule is Cc1c(C=Cc2cc(F)c3c(c2C)CCCO3)c([C@H](OC(C)(C)C)C(=O)O)c(C)c2c1CN(C(=O)c1cccc(F)c1)C2. The number of amides is 1. The Kier molecular flexibility index (Phi) is 8.18. The van der Waals surface area contributed by atoms with E-state index in [0.29, 0.717) is 41.2 Å². The lowest BCUT2D eigenvalue weighted by Crippen LogP contribution is -2.29. The standard InChI is InChI=1S/C35H37F2NO5/c1-19-22(16-29(37)31-26(19)11-8-14-42-31)12-13-25-20(2)27-17-38(33(39)23-9-7-10-24(36)15-23)18-28(27)21(3)30(25)32(34(40)41)43-35(4,5)6/h7,9-10,12-13,15-16,32H,8,11,14,17-18H2,1-6H3,(H,40,41)/t32-/m0/s1. The van der Waals surface area contributed by atoms with E-state index in [0.717, 1.165) is 40.7 Å². The van der Waals surface area contributed by atoms with Crippen molar-refractivity contribution >= 4 is 24.0 Å². The van der Waals surface area contributed by atoms with Crippen molar-refractivity contribution in [2.45, 2.75) is 79.2 Å². The van der Waals surface area contributed by atoms with Gasteiger partial charge in [0.25, 0.3) is 5.91 Å². The largest absolute Gasteiger partial charge is 0.490 e. The monoisotopic (exact) mass is 589 g/mol. The van der Waals surface area contributed by atoms with Crippen LogP contribution >= 0.6 is 0 Å². The van der Waals surface area contributed by atoms with Gasteiger partial charge in [0.05, 0.1) is 12.2 Å². The molecule has 8 heteroatoms. The van der Waals surface area contributed by atoms with Gasteiger partial charge in [0.2, 0.25) is 0 Å². The second kappa shape index (κ2) is 11.6. The highest BCUT2D eigenvalue weighted by Gasteiger charge is 2.36. The maximum absolute atomic E-state index is 15.0. The fourth-order valence-corrected chi connectivity index (χ4v) is 6.16. The summed E-state index contributed by atoms with van der Waals surface area (Å²) in [5.74, 6) is -2.05. The summed E-state index contributed by atoms with van der Waals surface area (Å²) < 4.78 is 40.6. The molecule has 43 heavy (non-hydrogen) atoms. The number of carboxylic acid groups (broad SMARTS) is 1. The average molecular weight is 590 g/mol. The number of halogens is 2. The van der Waals surface area contributed by atoms with E-state index in [1.807, 2.05) is 32.9 Å². The van der Waals surface area contributed by atoms with Crippen molar-refractivity contribution in [1.82, 2.24) is 4.90 Å². The summed E-state index contributed by atoms with van der Waals surface area (Å²) >= 11 is 0. The third-order valence-corrected chi connectivity index (χ3v) is 8.29. The lowest BCUT2D eigenvalue weighted by Gasteiger charge is -2.29. The summed E-state index contributed by atoms with van der Waals surface area (Å²) in [4.78, 5) is 27.7. The summed E-state index contributed by atoms with van der Waals surface area (Å²) in [5.41, 5.74) is 6.36. The Morgan fingerprint density at radius 2 is 1.70 bits per heavy atom. The van der Waals surface area contributed by atoms with Crippen LogP contribution in [0.1, 0.15) is 93.7 Å². The van der Waals surface area contributed by atoms with Crippen LogP contribution < -0.4 is 4.74 Å². The Balaban J connectivity index is 1.64.